The van der Waals surface area contributed by atoms with E-state index in [1.807, 2.05) is 37.3 Å². The number of aliphatic hydroxyl groups is 2. The van der Waals surface area contributed by atoms with Gasteiger partial charge < -0.3 is 20.7 Å². The Hall–Kier alpha value is -1.47. The van der Waals surface area contributed by atoms with Crippen molar-refractivity contribution in [3.63, 3.8) is 0 Å². The third kappa shape index (κ3) is 5.61. The predicted octanol–water partition coefficient (Wildman–Crippen LogP) is 4.81. The van der Waals surface area contributed by atoms with E-state index in [1.54, 1.807) is 12.1 Å². The molecule has 2 atom stereocenters. The van der Waals surface area contributed by atoms with Crippen LogP contribution in [0.1, 0.15) is 24.5 Å². The van der Waals surface area contributed by atoms with Crippen LogP contribution in [0.4, 0.5) is 0 Å². The molecule has 2 aromatic rings. The molecule has 3 rings (SSSR count). The lowest BCUT2D eigenvalue weighted by Crippen LogP contribution is -2.51. The highest BCUT2D eigenvalue weighted by Crippen LogP contribution is 2.37. The van der Waals surface area contributed by atoms with Crippen LogP contribution >= 0.6 is 35.8 Å². The van der Waals surface area contributed by atoms with Gasteiger partial charge in [0.05, 0.1) is 18.2 Å². The lowest BCUT2D eigenvalue weighted by molar-refractivity contribution is 0.0384. The molecule has 2 aromatic carbocycles. The standard InChI is InChI=1S/C23H26ClNO3S.ClH/c1-2-21(27)23(25,15-26)19-11-10-18(14-20(19)24)29-22-17(9-6-12-28-22)13-16-7-4-3-5-8-16;/h3-11,14,21,26-27H,2,12-13,15,25H2,1H3;1H. The summed E-state index contributed by atoms with van der Waals surface area (Å²) in [5.41, 5.74) is 7.84. The minimum absolute atomic E-state index is 0. The summed E-state index contributed by atoms with van der Waals surface area (Å²) >= 11 is 7.99. The number of nitrogens with two attached hydrogens (primary N) is 1. The van der Waals surface area contributed by atoms with Gasteiger partial charge in [-0.15, -0.1) is 12.4 Å². The summed E-state index contributed by atoms with van der Waals surface area (Å²) in [6.45, 7) is 1.95. The summed E-state index contributed by atoms with van der Waals surface area (Å²) in [6.07, 6.45) is 4.41. The van der Waals surface area contributed by atoms with Crippen molar-refractivity contribution in [1.82, 2.24) is 0 Å². The van der Waals surface area contributed by atoms with E-state index in [4.69, 9.17) is 22.1 Å². The molecule has 4 nitrogen and oxygen atoms in total. The zero-order valence-corrected chi connectivity index (χ0v) is 19.1. The summed E-state index contributed by atoms with van der Waals surface area (Å²) in [5, 5.41) is 21.3. The Balaban J connectivity index is 0.00000320. The number of ether oxygens (including phenoxy) is 1. The van der Waals surface area contributed by atoms with E-state index in [2.05, 4.69) is 18.2 Å². The summed E-state index contributed by atoms with van der Waals surface area (Å²) in [5.74, 6) is 0. The molecule has 30 heavy (non-hydrogen) atoms. The Morgan fingerprint density at radius 2 is 1.97 bits per heavy atom. The van der Waals surface area contributed by atoms with Crippen LogP contribution in [0.25, 0.3) is 0 Å². The van der Waals surface area contributed by atoms with Crippen LogP contribution in [0.2, 0.25) is 5.02 Å². The van der Waals surface area contributed by atoms with Crippen molar-refractivity contribution in [1.29, 1.82) is 0 Å². The molecule has 0 saturated carbocycles. The average molecular weight is 468 g/mol. The number of thioether (sulfide) groups is 1. The largest absolute Gasteiger partial charge is 0.483 e. The van der Waals surface area contributed by atoms with Gasteiger partial charge in [0, 0.05) is 21.9 Å². The van der Waals surface area contributed by atoms with E-state index >= 15 is 0 Å². The van der Waals surface area contributed by atoms with E-state index in [0.717, 1.165) is 22.0 Å². The summed E-state index contributed by atoms with van der Waals surface area (Å²) in [4.78, 5) is 0.904. The van der Waals surface area contributed by atoms with E-state index in [-0.39, 0.29) is 12.4 Å². The van der Waals surface area contributed by atoms with Gasteiger partial charge >= 0.3 is 0 Å². The average Bonchev–Trinajstić information content (AvgIpc) is 2.75. The van der Waals surface area contributed by atoms with Gasteiger partial charge in [0.25, 0.3) is 0 Å². The predicted molar refractivity (Wildman–Crippen MR) is 126 cm³/mol. The zero-order valence-electron chi connectivity index (χ0n) is 16.8. The quantitative estimate of drug-likeness (QED) is 0.519. The van der Waals surface area contributed by atoms with Gasteiger partial charge in [-0.3, -0.25) is 0 Å². The first-order valence-electron chi connectivity index (χ1n) is 9.60. The first-order chi connectivity index (χ1) is 14.0. The lowest BCUT2D eigenvalue weighted by atomic mass is 9.85. The van der Waals surface area contributed by atoms with E-state index < -0.39 is 18.2 Å². The topological polar surface area (TPSA) is 75.7 Å². The van der Waals surface area contributed by atoms with E-state index in [0.29, 0.717) is 23.6 Å². The minimum atomic E-state index is -1.29. The Kier molecular flexibility index (Phi) is 9.29. The maximum atomic E-state index is 10.3. The van der Waals surface area contributed by atoms with Gasteiger partial charge in [-0.1, -0.05) is 72.8 Å². The fraction of sp³-hybridized carbons (Fsp3) is 0.304. The van der Waals surface area contributed by atoms with Crippen molar-refractivity contribution < 1.29 is 14.9 Å². The molecule has 7 heteroatoms. The van der Waals surface area contributed by atoms with Crippen molar-refractivity contribution in [2.24, 2.45) is 5.73 Å². The van der Waals surface area contributed by atoms with E-state index in [9.17, 15) is 10.2 Å². The number of rotatable bonds is 8. The van der Waals surface area contributed by atoms with Crippen molar-refractivity contribution in [3.8, 4) is 0 Å². The number of hydrogen-bond acceptors (Lipinski definition) is 5. The summed E-state index contributed by atoms with van der Waals surface area (Å²) in [7, 11) is 0. The highest BCUT2D eigenvalue weighted by molar-refractivity contribution is 8.03. The number of aliphatic hydroxyl groups excluding tert-OH is 2. The molecule has 0 fully saturated rings. The molecular formula is C23H27Cl2NO3S. The lowest BCUT2D eigenvalue weighted by Gasteiger charge is -2.33. The van der Waals surface area contributed by atoms with Gasteiger partial charge in [-0.25, -0.2) is 0 Å². The smallest absolute Gasteiger partial charge is 0.161 e. The van der Waals surface area contributed by atoms with Crippen LogP contribution in [-0.2, 0) is 16.7 Å². The Morgan fingerprint density at radius 1 is 1.23 bits per heavy atom. The molecule has 0 spiro atoms. The molecule has 2 unspecified atom stereocenters. The fourth-order valence-corrected chi connectivity index (χ4v) is 4.64. The van der Waals surface area contributed by atoms with Gasteiger partial charge in [-0.2, -0.15) is 0 Å². The van der Waals surface area contributed by atoms with Crippen LogP contribution in [0.15, 0.2) is 76.2 Å². The maximum absolute atomic E-state index is 10.3. The molecule has 1 aliphatic rings. The second-order valence-electron chi connectivity index (χ2n) is 7.05. The van der Waals surface area contributed by atoms with E-state index in [1.165, 1.54) is 17.3 Å². The first kappa shape index (κ1) is 24.8. The van der Waals surface area contributed by atoms with Crippen molar-refractivity contribution in [3.05, 3.63) is 87.5 Å². The second kappa shape index (κ2) is 11.2. The second-order valence-corrected chi connectivity index (χ2v) is 8.51. The highest BCUT2D eigenvalue weighted by atomic mass is 35.5. The Morgan fingerprint density at radius 3 is 2.60 bits per heavy atom. The summed E-state index contributed by atoms with van der Waals surface area (Å²) < 4.78 is 5.89. The maximum Gasteiger partial charge on any atom is 0.161 e. The molecule has 4 N–H and O–H groups in total. The van der Waals surface area contributed by atoms with Crippen LogP contribution in [0, 0.1) is 0 Å². The molecule has 162 valence electrons. The molecule has 0 saturated heterocycles. The Bertz CT molecular complexity index is 905. The number of halogens is 2. The van der Waals surface area contributed by atoms with Crippen molar-refractivity contribution in [2.75, 3.05) is 13.2 Å². The summed E-state index contributed by atoms with van der Waals surface area (Å²) in [6, 6.07) is 15.7. The van der Waals surface area contributed by atoms with Gasteiger partial charge in [-0.05, 0) is 35.8 Å². The number of allylic oxidation sites excluding steroid dienone is 2. The normalized spacial score (nSPS) is 16.4. The number of benzene rings is 2. The molecule has 1 heterocycles. The molecule has 0 radical (unpaired) electrons. The van der Waals surface area contributed by atoms with Crippen LogP contribution in [-0.4, -0.2) is 29.5 Å². The molecule has 0 aromatic heterocycles. The third-order valence-electron chi connectivity index (χ3n) is 5.02. The zero-order chi connectivity index (χ0) is 20.9. The number of hydrogen-bond donors (Lipinski definition) is 3. The molecule has 1 aliphatic heterocycles. The van der Waals surface area contributed by atoms with Gasteiger partial charge in [0.2, 0.25) is 0 Å². The van der Waals surface area contributed by atoms with Crippen LogP contribution in [0.5, 0.6) is 0 Å². The molecular weight excluding hydrogens is 441 g/mol. The highest BCUT2D eigenvalue weighted by Gasteiger charge is 2.36. The molecule has 0 bridgehead atoms. The van der Waals surface area contributed by atoms with Crippen molar-refractivity contribution >= 4 is 35.8 Å². The monoisotopic (exact) mass is 467 g/mol. The SMILES string of the molecule is CCC(O)C(N)(CO)c1ccc(SC2=C(Cc3ccccc3)C=CCO2)cc1Cl.Cl. The molecule has 0 aliphatic carbocycles. The third-order valence-corrected chi connectivity index (χ3v) is 6.39. The van der Waals surface area contributed by atoms with Crippen LogP contribution in [0.3, 0.4) is 0 Å². The minimum Gasteiger partial charge on any atom is -0.483 e. The van der Waals surface area contributed by atoms with Crippen LogP contribution < -0.4 is 5.73 Å². The van der Waals surface area contributed by atoms with Gasteiger partial charge in [0.1, 0.15) is 6.61 Å². The fourth-order valence-electron chi connectivity index (χ4n) is 3.29. The van der Waals surface area contributed by atoms with Gasteiger partial charge in [0.15, 0.2) is 5.09 Å². The van der Waals surface area contributed by atoms with Crippen molar-refractivity contribution in [2.45, 2.75) is 36.3 Å². The Labute approximate surface area is 193 Å². The first-order valence-corrected chi connectivity index (χ1v) is 10.8. The molecule has 0 amide bonds.